The Kier molecular flexibility index (Phi) is 4.25. The average molecular weight is 325 g/mol. The number of imide groups is 1. The number of furan rings is 1. The molecule has 0 saturated heterocycles. The van der Waals surface area contributed by atoms with Crippen LogP contribution in [0.1, 0.15) is 26.7 Å². The van der Waals surface area contributed by atoms with E-state index in [1.807, 2.05) is 30.3 Å². The Balaban J connectivity index is 2.27. The molecular weight excluding hydrogens is 306 g/mol. The summed E-state index contributed by atoms with van der Waals surface area (Å²) >= 11 is 0. The van der Waals surface area contributed by atoms with Crippen LogP contribution in [-0.2, 0) is 9.59 Å². The Morgan fingerprint density at radius 2 is 1.67 bits per heavy atom. The number of carbonyl (C=O) groups is 2. The van der Waals surface area contributed by atoms with Crippen LogP contribution in [0.25, 0.3) is 21.9 Å². The second-order valence-electron chi connectivity index (χ2n) is 5.45. The molecule has 0 spiro atoms. The molecule has 0 aliphatic heterocycles. The van der Waals surface area contributed by atoms with E-state index in [0.29, 0.717) is 17.0 Å². The molecule has 0 atom stereocenters. The highest BCUT2D eigenvalue weighted by Gasteiger charge is 2.25. The lowest BCUT2D eigenvalue weighted by Crippen LogP contribution is -2.36. The van der Waals surface area contributed by atoms with Crippen molar-refractivity contribution in [2.75, 3.05) is 12.0 Å². The number of hydrogen-bond donors (Lipinski definition) is 0. The third-order valence-corrected chi connectivity index (χ3v) is 4.02. The van der Waals surface area contributed by atoms with Gasteiger partial charge in [0.05, 0.1) is 12.8 Å². The van der Waals surface area contributed by atoms with E-state index in [1.54, 1.807) is 19.9 Å². The number of hydrogen-bond acceptors (Lipinski definition) is 4. The maximum absolute atomic E-state index is 12.3. The van der Waals surface area contributed by atoms with Gasteiger partial charge in [0.2, 0.25) is 11.8 Å². The predicted molar refractivity (Wildman–Crippen MR) is 93.3 cm³/mol. The molecule has 1 heterocycles. The van der Waals surface area contributed by atoms with E-state index < -0.39 is 0 Å². The lowest BCUT2D eigenvalue weighted by atomic mass is 10.1. The van der Waals surface area contributed by atoms with Crippen molar-refractivity contribution in [3.8, 4) is 5.75 Å². The number of ether oxygens (including phenoxy) is 1. The molecule has 1 aromatic heterocycles. The Morgan fingerprint density at radius 1 is 1.00 bits per heavy atom. The van der Waals surface area contributed by atoms with Gasteiger partial charge >= 0.3 is 0 Å². The first kappa shape index (κ1) is 16.1. The number of methoxy groups -OCH3 is 1. The van der Waals surface area contributed by atoms with Gasteiger partial charge < -0.3 is 9.15 Å². The van der Waals surface area contributed by atoms with Gasteiger partial charge in [0.15, 0.2) is 0 Å². The van der Waals surface area contributed by atoms with Crippen molar-refractivity contribution >= 4 is 39.4 Å². The highest BCUT2D eigenvalue weighted by atomic mass is 16.5. The van der Waals surface area contributed by atoms with Crippen molar-refractivity contribution in [2.45, 2.75) is 26.7 Å². The fourth-order valence-corrected chi connectivity index (χ4v) is 2.80. The number of amides is 2. The van der Waals surface area contributed by atoms with E-state index in [-0.39, 0.29) is 24.7 Å². The van der Waals surface area contributed by atoms with Crippen molar-refractivity contribution in [1.29, 1.82) is 0 Å². The average Bonchev–Trinajstić information content (AvgIpc) is 2.98. The van der Waals surface area contributed by atoms with Crippen LogP contribution in [0.15, 0.2) is 40.8 Å². The first-order valence-electron chi connectivity index (χ1n) is 7.95. The molecule has 3 aromatic rings. The van der Waals surface area contributed by atoms with E-state index in [1.165, 1.54) is 12.0 Å². The molecule has 5 nitrogen and oxygen atoms in total. The maximum atomic E-state index is 12.3. The first-order valence-corrected chi connectivity index (χ1v) is 7.95. The maximum Gasteiger partial charge on any atom is 0.233 e. The van der Waals surface area contributed by atoms with Gasteiger partial charge in [-0.15, -0.1) is 0 Å². The summed E-state index contributed by atoms with van der Waals surface area (Å²) in [4.78, 5) is 25.8. The van der Waals surface area contributed by atoms with Gasteiger partial charge in [0.1, 0.15) is 16.9 Å². The van der Waals surface area contributed by atoms with Crippen molar-refractivity contribution in [3.63, 3.8) is 0 Å². The summed E-state index contributed by atoms with van der Waals surface area (Å²) in [6.45, 7) is 3.45. The van der Waals surface area contributed by atoms with Crippen LogP contribution >= 0.6 is 0 Å². The van der Waals surface area contributed by atoms with Crippen molar-refractivity contribution < 1.29 is 18.7 Å². The minimum atomic E-state index is -0.268. The van der Waals surface area contributed by atoms with E-state index in [4.69, 9.17) is 9.15 Å². The van der Waals surface area contributed by atoms with Crippen molar-refractivity contribution in [3.05, 3.63) is 36.4 Å². The molecule has 2 aromatic carbocycles. The standard InChI is InChI=1S/C19H19NO4/c1-4-18(21)20(19(22)5-2)14-11-16-13(10-17(14)23-3)12-8-6-7-9-15(12)24-16/h6-11H,4-5H2,1-3H3. The van der Waals surface area contributed by atoms with Gasteiger partial charge in [-0.05, 0) is 12.1 Å². The minimum Gasteiger partial charge on any atom is -0.495 e. The Morgan fingerprint density at radius 3 is 2.29 bits per heavy atom. The smallest absolute Gasteiger partial charge is 0.233 e. The molecule has 0 aliphatic rings. The van der Waals surface area contributed by atoms with E-state index in [9.17, 15) is 9.59 Å². The zero-order chi connectivity index (χ0) is 17.3. The largest absolute Gasteiger partial charge is 0.495 e. The summed E-state index contributed by atoms with van der Waals surface area (Å²) in [6, 6.07) is 11.2. The predicted octanol–water partition coefficient (Wildman–Crippen LogP) is 4.27. The Bertz CT molecular complexity index is 910. The van der Waals surface area contributed by atoms with E-state index in [2.05, 4.69) is 0 Å². The molecule has 0 aliphatic carbocycles. The lowest BCUT2D eigenvalue weighted by Gasteiger charge is -2.22. The topological polar surface area (TPSA) is 59.8 Å². The quantitative estimate of drug-likeness (QED) is 0.718. The summed E-state index contributed by atoms with van der Waals surface area (Å²) in [6.07, 6.45) is 0.458. The summed E-state index contributed by atoms with van der Waals surface area (Å²) in [5, 5.41) is 1.85. The molecule has 0 N–H and O–H groups in total. The highest BCUT2D eigenvalue weighted by molar-refractivity contribution is 6.17. The van der Waals surface area contributed by atoms with Crippen LogP contribution in [0.3, 0.4) is 0 Å². The zero-order valence-corrected chi connectivity index (χ0v) is 14.0. The second kappa shape index (κ2) is 6.35. The van der Waals surface area contributed by atoms with Crippen molar-refractivity contribution in [1.82, 2.24) is 0 Å². The SMILES string of the molecule is CCC(=O)N(C(=O)CC)c1cc2oc3ccccc3c2cc1OC. The summed E-state index contributed by atoms with van der Waals surface area (Å²) in [5.41, 5.74) is 1.79. The molecule has 0 bridgehead atoms. The van der Waals surface area contributed by atoms with E-state index in [0.717, 1.165) is 16.4 Å². The number of benzene rings is 2. The van der Waals surface area contributed by atoms with Gasteiger partial charge in [-0.2, -0.15) is 0 Å². The molecule has 0 fully saturated rings. The van der Waals surface area contributed by atoms with Gasteiger partial charge in [-0.1, -0.05) is 32.0 Å². The van der Waals surface area contributed by atoms with Crippen molar-refractivity contribution in [2.24, 2.45) is 0 Å². The summed E-state index contributed by atoms with van der Waals surface area (Å²) in [7, 11) is 1.53. The third kappa shape index (κ3) is 2.52. The molecule has 5 heteroatoms. The van der Waals surface area contributed by atoms with Gasteiger partial charge in [0, 0.05) is 29.7 Å². The number of anilines is 1. The van der Waals surface area contributed by atoms with Gasteiger partial charge in [-0.3, -0.25) is 9.59 Å². The van der Waals surface area contributed by atoms with Crippen LogP contribution in [0, 0.1) is 0 Å². The minimum absolute atomic E-state index is 0.229. The van der Waals surface area contributed by atoms with Crippen LogP contribution in [0.5, 0.6) is 5.75 Å². The molecular formula is C19H19NO4. The fourth-order valence-electron chi connectivity index (χ4n) is 2.80. The monoisotopic (exact) mass is 325 g/mol. The normalized spacial score (nSPS) is 11.0. The van der Waals surface area contributed by atoms with Gasteiger partial charge in [0.25, 0.3) is 0 Å². The summed E-state index contributed by atoms with van der Waals surface area (Å²) in [5.74, 6) is -0.0659. The number of fused-ring (bicyclic) bond motifs is 3. The summed E-state index contributed by atoms with van der Waals surface area (Å²) < 4.78 is 11.3. The number of para-hydroxylation sites is 1. The van der Waals surface area contributed by atoms with Gasteiger partial charge in [-0.25, -0.2) is 4.90 Å². The second-order valence-corrected chi connectivity index (χ2v) is 5.45. The van der Waals surface area contributed by atoms with Crippen LogP contribution in [0.4, 0.5) is 5.69 Å². The molecule has 24 heavy (non-hydrogen) atoms. The fraction of sp³-hybridized carbons (Fsp3) is 0.263. The molecule has 3 rings (SSSR count). The molecule has 2 amide bonds. The third-order valence-electron chi connectivity index (χ3n) is 4.02. The molecule has 0 saturated carbocycles. The first-order chi connectivity index (χ1) is 11.6. The van der Waals surface area contributed by atoms with E-state index >= 15 is 0 Å². The molecule has 0 unspecified atom stereocenters. The van der Waals surface area contributed by atoms with Crippen LogP contribution in [0.2, 0.25) is 0 Å². The highest BCUT2D eigenvalue weighted by Crippen LogP contribution is 2.38. The lowest BCUT2D eigenvalue weighted by molar-refractivity contribution is -0.126. The zero-order valence-electron chi connectivity index (χ0n) is 14.0. The molecule has 0 radical (unpaired) electrons. The Hall–Kier alpha value is -2.82. The van der Waals surface area contributed by atoms with Crippen LogP contribution < -0.4 is 9.64 Å². The number of nitrogens with zero attached hydrogens (tertiary/aromatic N) is 1. The number of rotatable bonds is 4. The number of carbonyl (C=O) groups excluding carboxylic acids is 2. The molecule has 124 valence electrons. The van der Waals surface area contributed by atoms with Crippen LogP contribution in [-0.4, -0.2) is 18.9 Å². The Labute approximate surface area is 139 Å².